The number of nitrogens with one attached hydrogen (secondary N) is 2. The Morgan fingerprint density at radius 3 is 2.50 bits per heavy atom. The molecule has 0 aromatic heterocycles. The largest absolute Gasteiger partial charge is 0.481 e. The lowest BCUT2D eigenvalue weighted by atomic mass is 10.0. The zero-order chi connectivity index (χ0) is 18.0. The lowest BCUT2D eigenvalue weighted by Crippen LogP contribution is -2.40. The van der Waals surface area contributed by atoms with Gasteiger partial charge in [0.2, 0.25) is 15.9 Å². The molecule has 24 heavy (non-hydrogen) atoms. The number of hydrogen-bond acceptors (Lipinski definition) is 5. The molecule has 8 nitrogen and oxygen atoms in total. The summed E-state index contributed by atoms with van der Waals surface area (Å²) >= 11 is 0. The van der Waals surface area contributed by atoms with Crippen LogP contribution in [-0.4, -0.2) is 51.4 Å². The number of methoxy groups -OCH3 is 1. The van der Waals surface area contributed by atoms with Crippen molar-refractivity contribution < 1.29 is 27.9 Å². The molecule has 9 heteroatoms. The molecule has 0 fully saturated rings. The minimum Gasteiger partial charge on any atom is -0.481 e. The van der Waals surface area contributed by atoms with Gasteiger partial charge in [0.1, 0.15) is 0 Å². The van der Waals surface area contributed by atoms with Crippen molar-refractivity contribution in [3.05, 3.63) is 35.9 Å². The fraction of sp³-hybridized carbons (Fsp3) is 0.467. The average molecular weight is 358 g/mol. The van der Waals surface area contributed by atoms with Crippen LogP contribution in [0.3, 0.4) is 0 Å². The lowest BCUT2D eigenvalue weighted by Gasteiger charge is -2.17. The van der Waals surface area contributed by atoms with Crippen LogP contribution in [0.4, 0.5) is 0 Å². The summed E-state index contributed by atoms with van der Waals surface area (Å²) < 4.78 is 30.4. The van der Waals surface area contributed by atoms with Gasteiger partial charge < -0.3 is 15.2 Å². The Morgan fingerprint density at radius 1 is 1.25 bits per heavy atom. The van der Waals surface area contributed by atoms with E-state index in [0.717, 1.165) is 0 Å². The van der Waals surface area contributed by atoms with E-state index in [-0.39, 0.29) is 12.2 Å². The van der Waals surface area contributed by atoms with Gasteiger partial charge in [-0.05, 0) is 12.0 Å². The summed E-state index contributed by atoms with van der Waals surface area (Å²) in [5.41, 5.74) is 0.635. The summed E-state index contributed by atoms with van der Waals surface area (Å²) in [6.07, 6.45) is 0.0233. The first kappa shape index (κ1) is 20.1. The van der Waals surface area contributed by atoms with Crippen LogP contribution in [0.25, 0.3) is 0 Å². The van der Waals surface area contributed by atoms with Crippen LogP contribution in [0.5, 0.6) is 0 Å². The van der Waals surface area contributed by atoms with Crippen molar-refractivity contribution in [3.8, 4) is 0 Å². The van der Waals surface area contributed by atoms with E-state index < -0.39 is 34.5 Å². The van der Waals surface area contributed by atoms with Crippen molar-refractivity contribution >= 4 is 21.9 Å². The second-order valence-corrected chi connectivity index (χ2v) is 7.04. The minimum absolute atomic E-state index is 0.147. The maximum absolute atomic E-state index is 11.9. The molecule has 1 amide bonds. The van der Waals surface area contributed by atoms with Gasteiger partial charge in [0.05, 0.1) is 24.8 Å². The highest BCUT2D eigenvalue weighted by molar-refractivity contribution is 7.89. The third kappa shape index (κ3) is 8.04. The molecule has 0 aliphatic heterocycles. The highest BCUT2D eigenvalue weighted by Gasteiger charge is 2.19. The van der Waals surface area contributed by atoms with E-state index in [2.05, 4.69) is 10.0 Å². The van der Waals surface area contributed by atoms with Gasteiger partial charge in [0.25, 0.3) is 0 Å². The molecule has 1 unspecified atom stereocenters. The second-order valence-electron chi connectivity index (χ2n) is 5.11. The van der Waals surface area contributed by atoms with Gasteiger partial charge in [-0.25, -0.2) is 13.1 Å². The molecule has 0 bridgehead atoms. The van der Waals surface area contributed by atoms with Gasteiger partial charge in [-0.15, -0.1) is 0 Å². The summed E-state index contributed by atoms with van der Waals surface area (Å²) in [5, 5.41) is 11.5. The number of carboxylic acid groups (broad SMARTS) is 1. The number of sulfonamides is 1. The van der Waals surface area contributed by atoms with Gasteiger partial charge in [-0.3, -0.25) is 9.59 Å². The third-order valence-corrected chi connectivity index (χ3v) is 4.54. The second kappa shape index (κ2) is 10.0. The van der Waals surface area contributed by atoms with E-state index in [1.807, 2.05) is 0 Å². The number of aliphatic carboxylic acids is 1. The molecule has 134 valence electrons. The van der Waals surface area contributed by atoms with Crippen molar-refractivity contribution in [3.63, 3.8) is 0 Å². The van der Waals surface area contributed by atoms with E-state index in [9.17, 15) is 18.0 Å². The average Bonchev–Trinajstić information content (AvgIpc) is 2.53. The Kier molecular flexibility index (Phi) is 8.37. The maximum Gasteiger partial charge on any atom is 0.305 e. The van der Waals surface area contributed by atoms with Crippen molar-refractivity contribution in [2.24, 2.45) is 0 Å². The van der Waals surface area contributed by atoms with Crippen molar-refractivity contribution in [2.45, 2.75) is 18.9 Å². The Morgan fingerprint density at radius 2 is 1.92 bits per heavy atom. The molecule has 1 atom stereocenters. The Balaban J connectivity index is 2.58. The number of carbonyl (C=O) groups excluding carboxylic acids is 1. The molecule has 0 aliphatic rings. The number of rotatable bonds is 11. The van der Waals surface area contributed by atoms with Gasteiger partial charge in [0, 0.05) is 13.7 Å². The first-order valence-corrected chi connectivity index (χ1v) is 9.01. The molecule has 0 aliphatic carbocycles. The molecule has 0 saturated heterocycles. The number of benzene rings is 1. The Labute approximate surface area is 141 Å². The molecule has 3 N–H and O–H groups in total. The van der Waals surface area contributed by atoms with Crippen LogP contribution in [0.1, 0.15) is 24.4 Å². The normalized spacial score (nSPS) is 12.5. The smallest absolute Gasteiger partial charge is 0.305 e. The number of hydrogen-bond donors (Lipinski definition) is 3. The summed E-state index contributed by atoms with van der Waals surface area (Å²) in [4.78, 5) is 22.9. The molecular weight excluding hydrogens is 336 g/mol. The monoisotopic (exact) mass is 358 g/mol. The minimum atomic E-state index is -3.58. The van der Waals surface area contributed by atoms with Crippen LogP contribution in [0, 0.1) is 0 Å². The van der Waals surface area contributed by atoms with Crippen molar-refractivity contribution in [1.29, 1.82) is 0 Å². The first-order chi connectivity index (χ1) is 11.3. The molecular formula is C15H22N2O6S. The summed E-state index contributed by atoms with van der Waals surface area (Å²) in [6, 6.07) is 7.90. The van der Waals surface area contributed by atoms with Crippen molar-refractivity contribution in [2.75, 3.05) is 26.0 Å². The molecule has 0 radical (unpaired) electrons. The standard InChI is InChI=1S/C15H22N2O6S/c1-23-8-5-9-24(21,22)16-11-14(18)17-13(10-15(19)20)12-6-3-2-4-7-12/h2-4,6-7,13,16H,5,8-11H2,1H3,(H,17,18)(H,19,20). The van der Waals surface area contributed by atoms with Gasteiger partial charge in [-0.2, -0.15) is 0 Å². The third-order valence-electron chi connectivity index (χ3n) is 3.13. The maximum atomic E-state index is 11.9. The number of carbonyl (C=O) groups is 2. The Bertz CT molecular complexity index is 633. The van der Waals surface area contributed by atoms with E-state index in [4.69, 9.17) is 9.84 Å². The number of amides is 1. The van der Waals surface area contributed by atoms with E-state index >= 15 is 0 Å². The zero-order valence-electron chi connectivity index (χ0n) is 13.4. The predicted octanol–water partition coefficient (Wildman–Crippen LogP) is 0.275. The van der Waals surface area contributed by atoms with Crippen LogP contribution < -0.4 is 10.0 Å². The Hall–Kier alpha value is -1.97. The molecule has 1 rings (SSSR count). The fourth-order valence-corrected chi connectivity index (χ4v) is 2.99. The van der Waals surface area contributed by atoms with Crippen LogP contribution >= 0.6 is 0 Å². The van der Waals surface area contributed by atoms with E-state index in [0.29, 0.717) is 18.6 Å². The highest BCUT2D eigenvalue weighted by atomic mass is 32.2. The predicted molar refractivity (Wildman–Crippen MR) is 87.9 cm³/mol. The van der Waals surface area contributed by atoms with Crippen LogP contribution in [0.15, 0.2) is 30.3 Å². The van der Waals surface area contributed by atoms with Crippen LogP contribution in [-0.2, 0) is 24.3 Å². The van der Waals surface area contributed by atoms with Gasteiger partial charge >= 0.3 is 5.97 Å². The zero-order valence-corrected chi connectivity index (χ0v) is 14.2. The molecule has 1 aromatic rings. The SMILES string of the molecule is COCCCS(=O)(=O)NCC(=O)NC(CC(=O)O)c1ccccc1. The molecule has 1 aromatic carbocycles. The van der Waals surface area contributed by atoms with Crippen molar-refractivity contribution in [1.82, 2.24) is 10.0 Å². The molecule has 0 saturated carbocycles. The highest BCUT2D eigenvalue weighted by Crippen LogP contribution is 2.16. The van der Waals surface area contributed by atoms with Crippen LogP contribution in [0.2, 0.25) is 0 Å². The lowest BCUT2D eigenvalue weighted by molar-refractivity contribution is -0.137. The topological polar surface area (TPSA) is 122 Å². The summed E-state index contributed by atoms with van der Waals surface area (Å²) in [6.45, 7) is -0.139. The quantitative estimate of drug-likeness (QED) is 0.488. The van der Waals surface area contributed by atoms with E-state index in [1.54, 1.807) is 30.3 Å². The summed E-state index contributed by atoms with van der Waals surface area (Å²) in [5.74, 6) is -1.81. The van der Waals surface area contributed by atoms with Gasteiger partial charge in [-0.1, -0.05) is 30.3 Å². The first-order valence-electron chi connectivity index (χ1n) is 7.36. The molecule has 0 spiro atoms. The summed E-state index contributed by atoms with van der Waals surface area (Å²) in [7, 11) is -2.11. The number of ether oxygens (including phenoxy) is 1. The van der Waals surface area contributed by atoms with E-state index in [1.165, 1.54) is 7.11 Å². The van der Waals surface area contributed by atoms with Gasteiger partial charge in [0.15, 0.2) is 0 Å². The fourth-order valence-electron chi connectivity index (χ4n) is 2.00. The number of carboxylic acids is 1. The molecule has 0 heterocycles.